The Hall–Kier alpha value is -2.24. The number of hydrogen-bond acceptors (Lipinski definition) is 7. The second kappa shape index (κ2) is 10.2. The predicted molar refractivity (Wildman–Crippen MR) is 93.2 cm³/mol. The van der Waals surface area contributed by atoms with Crippen LogP contribution in [0.4, 0.5) is 0 Å². The third kappa shape index (κ3) is 5.88. The number of rotatable bonds is 9. The molecule has 0 bridgehead atoms. The average Bonchev–Trinajstić information content (AvgIpc) is 3.11. The molecule has 1 aliphatic heterocycles. The standard InChI is InChI=1S/C16H28N4O7/c1-8(2)12(17)15(25)20-5-3-4-11(20)14(24)18-9(6-21)13(23)19-10(7-22)16(26)27/h8-12,21-22H,3-7,17H2,1-2H3,(H,18,24)(H,19,23)(H,26,27). The normalized spacial score (nSPS) is 20.1. The number of carboxylic acids is 1. The molecule has 4 atom stereocenters. The van der Waals surface area contributed by atoms with Gasteiger partial charge in [0.05, 0.1) is 19.3 Å². The lowest BCUT2D eigenvalue weighted by Crippen LogP contribution is -2.58. The summed E-state index contributed by atoms with van der Waals surface area (Å²) in [5.74, 6) is -3.52. The van der Waals surface area contributed by atoms with Crippen LogP contribution >= 0.6 is 0 Å². The molecule has 0 aromatic carbocycles. The van der Waals surface area contributed by atoms with Crippen LogP contribution in [-0.2, 0) is 19.2 Å². The molecule has 1 fully saturated rings. The van der Waals surface area contributed by atoms with Crippen molar-refractivity contribution in [3.8, 4) is 0 Å². The molecule has 0 saturated carbocycles. The van der Waals surface area contributed by atoms with E-state index in [1.54, 1.807) is 13.8 Å². The van der Waals surface area contributed by atoms with Gasteiger partial charge >= 0.3 is 5.97 Å². The Morgan fingerprint density at radius 3 is 2.19 bits per heavy atom. The molecule has 1 aliphatic rings. The lowest BCUT2D eigenvalue weighted by atomic mass is 10.0. The molecule has 154 valence electrons. The Morgan fingerprint density at radius 2 is 1.70 bits per heavy atom. The van der Waals surface area contributed by atoms with E-state index in [2.05, 4.69) is 5.32 Å². The Kier molecular flexibility index (Phi) is 8.60. The fraction of sp³-hybridized carbons (Fsp3) is 0.750. The van der Waals surface area contributed by atoms with Gasteiger partial charge in [0.25, 0.3) is 0 Å². The molecule has 0 radical (unpaired) electrons. The molecule has 0 aliphatic carbocycles. The summed E-state index contributed by atoms with van der Waals surface area (Å²) in [4.78, 5) is 49.2. The zero-order chi connectivity index (χ0) is 20.7. The minimum atomic E-state index is -1.56. The first-order valence-corrected chi connectivity index (χ1v) is 8.75. The lowest BCUT2D eigenvalue weighted by molar-refractivity contribution is -0.144. The number of likely N-dealkylation sites (tertiary alicyclic amines) is 1. The zero-order valence-electron chi connectivity index (χ0n) is 15.4. The summed E-state index contributed by atoms with van der Waals surface area (Å²) < 4.78 is 0. The van der Waals surface area contributed by atoms with Crippen molar-refractivity contribution in [1.29, 1.82) is 0 Å². The highest BCUT2D eigenvalue weighted by Crippen LogP contribution is 2.19. The first-order valence-electron chi connectivity index (χ1n) is 8.75. The fourth-order valence-corrected chi connectivity index (χ4v) is 2.70. The number of aliphatic hydroxyl groups is 2. The highest BCUT2D eigenvalue weighted by atomic mass is 16.4. The van der Waals surface area contributed by atoms with Crippen LogP contribution in [0.5, 0.6) is 0 Å². The third-order valence-electron chi connectivity index (χ3n) is 4.45. The van der Waals surface area contributed by atoms with Crippen molar-refractivity contribution in [2.45, 2.75) is 50.9 Å². The second-order valence-corrected chi connectivity index (χ2v) is 6.79. The maximum Gasteiger partial charge on any atom is 0.328 e. The van der Waals surface area contributed by atoms with Gasteiger partial charge in [-0.3, -0.25) is 14.4 Å². The molecule has 7 N–H and O–H groups in total. The van der Waals surface area contributed by atoms with E-state index in [1.807, 2.05) is 5.32 Å². The van der Waals surface area contributed by atoms with Crippen LogP contribution in [-0.4, -0.2) is 87.8 Å². The molecule has 1 heterocycles. The van der Waals surface area contributed by atoms with Crippen molar-refractivity contribution in [3.05, 3.63) is 0 Å². The molecule has 0 aromatic rings. The van der Waals surface area contributed by atoms with Gasteiger partial charge < -0.3 is 36.6 Å². The van der Waals surface area contributed by atoms with Crippen LogP contribution in [0, 0.1) is 5.92 Å². The monoisotopic (exact) mass is 388 g/mol. The maximum absolute atomic E-state index is 12.5. The Balaban J connectivity index is 2.77. The van der Waals surface area contributed by atoms with E-state index in [1.165, 1.54) is 4.90 Å². The van der Waals surface area contributed by atoms with Crippen molar-refractivity contribution in [1.82, 2.24) is 15.5 Å². The second-order valence-electron chi connectivity index (χ2n) is 6.79. The Labute approximate surface area is 156 Å². The molecule has 4 unspecified atom stereocenters. The van der Waals surface area contributed by atoms with E-state index in [9.17, 15) is 24.3 Å². The van der Waals surface area contributed by atoms with Crippen LogP contribution in [0.1, 0.15) is 26.7 Å². The number of aliphatic hydroxyl groups excluding tert-OH is 2. The number of aliphatic carboxylic acids is 1. The third-order valence-corrected chi connectivity index (χ3v) is 4.45. The molecule has 3 amide bonds. The summed E-state index contributed by atoms with van der Waals surface area (Å²) in [6.45, 7) is 2.32. The Morgan fingerprint density at radius 1 is 1.11 bits per heavy atom. The van der Waals surface area contributed by atoms with Crippen molar-refractivity contribution in [2.75, 3.05) is 19.8 Å². The zero-order valence-corrected chi connectivity index (χ0v) is 15.4. The molecule has 11 nitrogen and oxygen atoms in total. The van der Waals surface area contributed by atoms with E-state index in [4.69, 9.17) is 15.9 Å². The van der Waals surface area contributed by atoms with Crippen molar-refractivity contribution in [3.63, 3.8) is 0 Å². The lowest BCUT2D eigenvalue weighted by Gasteiger charge is -2.29. The molecule has 0 spiro atoms. The van der Waals surface area contributed by atoms with Crippen LogP contribution in [0.3, 0.4) is 0 Å². The van der Waals surface area contributed by atoms with Gasteiger partial charge in [0.2, 0.25) is 17.7 Å². The highest BCUT2D eigenvalue weighted by Gasteiger charge is 2.38. The summed E-state index contributed by atoms with van der Waals surface area (Å²) in [5.41, 5.74) is 5.87. The average molecular weight is 388 g/mol. The molecule has 27 heavy (non-hydrogen) atoms. The van der Waals surface area contributed by atoms with Gasteiger partial charge in [0, 0.05) is 6.54 Å². The number of nitrogens with zero attached hydrogens (tertiary/aromatic N) is 1. The molecule has 11 heteroatoms. The number of carbonyl (C=O) groups excluding carboxylic acids is 3. The quantitative estimate of drug-likeness (QED) is 0.241. The molecule has 0 aromatic heterocycles. The number of nitrogens with two attached hydrogens (primary N) is 1. The highest BCUT2D eigenvalue weighted by molar-refractivity contribution is 5.94. The van der Waals surface area contributed by atoms with Gasteiger partial charge in [0.1, 0.15) is 18.1 Å². The molecular weight excluding hydrogens is 360 g/mol. The van der Waals surface area contributed by atoms with Gasteiger partial charge in [-0.2, -0.15) is 0 Å². The topological polar surface area (TPSA) is 182 Å². The van der Waals surface area contributed by atoms with E-state index in [0.717, 1.165) is 0 Å². The van der Waals surface area contributed by atoms with Crippen molar-refractivity contribution >= 4 is 23.7 Å². The van der Waals surface area contributed by atoms with E-state index in [-0.39, 0.29) is 11.8 Å². The maximum atomic E-state index is 12.5. The summed E-state index contributed by atoms with van der Waals surface area (Å²) in [5, 5.41) is 31.5. The number of hydrogen-bond donors (Lipinski definition) is 6. The summed E-state index contributed by atoms with van der Waals surface area (Å²) in [6.07, 6.45) is 0.979. The van der Waals surface area contributed by atoms with Crippen LogP contribution in [0.25, 0.3) is 0 Å². The van der Waals surface area contributed by atoms with E-state index in [0.29, 0.717) is 19.4 Å². The van der Waals surface area contributed by atoms with Gasteiger partial charge in [0.15, 0.2) is 0 Å². The Bertz CT molecular complexity index is 569. The number of amides is 3. The van der Waals surface area contributed by atoms with Gasteiger partial charge in [-0.15, -0.1) is 0 Å². The minimum absolute atomic E-state index is 0.107. The van der Waals surface area contributed by atoms with Crippen LogP contribution in [0.15, 0.2) is 0 Å². The first kappa shape index (κ1) is 22.8. The first-order chi connectivity index (χ1) is 12.6. The van der Waals surface area contributed by atoms with Gasteiger partial charge in [-0.05, 0) is 18.8 Å². The van der Waals surface area contributed by atoms with Crippen molar-refractivity contribution < 1.29 is 34.5 Å². The van der Waals surface area contributed by atoms with Crippen LogP contribution < -0.4 is 16.4 Å². The largest absolute Gasteiger partial charge is 0.480 e. The minimum Gasteiger partial charge on any atom is -0.480 e. The van der Waals surface area contributed by atoms with Gasteiger partial charge in [-0.25, -0.2) is 4.79 Å². The smallest absolute Gasteiger partial charge is 0.328 e. The summed E-state index contributed by atoms with van der Waals surface area (Å²) >= 11 is 0. The molecule has 1 saturated heterocycles. The number of carbonyl (C=O) groups is 4. The predicted octanol–water partition coefficient (Wildman–Crippen LogP) is -3.00. The summed E-state index contributed by atoms with van der Waals surface area (Å²) in [6, 6.07) is -4.55. The molecular formula is C16H28N4O7. The van der Waals surface area contributed by atoms with Gasteiger partial charge in [-0.1, -0.05) is 13.8 Å². The SMILES string of the molecule is CC(C)C(N)C(=O)N1CCCC1C(=O)NC(CO)C(=O)NC(CO)C(=O)O. The summed E-state index contributed by atoms with van der Waals surface area (Å²) in [7, 11) is 0. The number of carboxylic acid groups (broad SMARTS) is 1. The number of nitrogens with one attached hydrogen (secondary N) is 2. The van der Waals surface area contributed by atoms with E-state index < -0.39 is 55.2 Å². The van der Waals surface area contributed by atoms with E-state index >= 15 is 0 Å². The fourth-order valence-electron chi connectivity index (χ4n) is 2.70. The van der Waals surface area contributed by atoms with Crippen LogP contribution in [0.2, 0.25) is 0 Å². The van der Waals surface area contributed by atoms with Crippen molar-refractivity contribution in [2.24, 2.45) is 11.7 Å². The molecule has 1 rings (SSSR count).